The highest BCUT2D eigenvalue weighted by atomic mass is 32.2. The molecule has 0 aromatic carbocycles. The Morgan fingerprint density at radius 1 is 1.50 bits per heavy atom. The zero-order valence-corrected chi connectivity index (χ0v) is 13.3. The lowest BCUT2D eigenvalue weighted by atomic mass is 10.4. The second-order valence-electron chi connectivity index (χ2n) is 4.86. The number of thiophene rings is 1. The standard InChI is InChI=1S/C12H20N4O2S2/c1-8-7-11(9(2)19-8)20(17,18)15-6-5-14-12(13)16-10-3-4-10/h7,10,15H,3-6H2,1-2H3,(H3,13,14,16). The fourth-order valence-electron chi connectivity index (χ4n) is 1.79. The Bertz CT molecular complexity index is 603. The van der Waals surface area contributed by atoms with Crippen LogP contribution in [-0.4, -0.2) is 33.5 Å². The number of nitrogens with zero attached hydrogens (tertiary/aromatic N) is 1. The topological polar surface area (TPSA) is 96.6 Å². The molecule has 4 N–H and O–H groups in total. The van der Waals surface area contributed by atoms with Crippen molar-refractivity contribution >= 4 is 27.3 Å². The lowest BCUT2D eigenvalue weighted by molar-refractivity contribution is 0.582. The minimum absolute atomic E-state index is 0.240. The Balaban J connectivity index is 1.84. The SMILES string of the molecule is Cc1cc(S(=O)(=O)NCCN=C(N)NC2CC2)c(C)s1. The van der Waals surface area contributed by atoms with Crippen molar-refractivity contribution in [1.82, 2.24) is 10.0 Å². The van der Waals surface area contributed by atoms with Gasteiger partial charge in [0.15, 0.2) is 5.96 Å². The van der Waals surface area contributed by atoms with Gasteiger partial charge in [-0.05, 0) is 32.8 Å². The van der Waals surface area contributed by atoms with E-state index in [1.165, 1.54) is 11.3 Å². The number of sulfonamides is 1. The quantitative estimate of drug-likeness (QED) is 0.409. The summed E-state index contributed by atoms with van der Waals surface area (Å²) in [5.41, 5.74) is 5.67. The van der Waals surface area contributed by atoms with Crippen LogP contribution >= 0.6 is 11.3 Å². The van der Waals surface area contributed by atoms with Gasteiger partial charge < -0.3 is 11.1 Å². The van der Waals surface area contributed by atoms with E-state index in [0.29, 0.717) is 23.4 Å². The molecule has 2 rings (SSSR count). The van der Waals surface area contributed by atoms with Crippen LogP contribution in [0.3, 0.4) is 0 Å². The summed E-state index contributed by atoms with van der Waals surface area (Å²) in [6.07, 6.45) is 2.25. The van der Waals surface area contributed by atoms with Gasteiger partial charge in [0, 0.05) is 22.3 Å². The Morgan fingerprint density at radius 2 is 2.20 bits per heavy atom. The van der Waals surface area contributed by atoms with Gasteiger partial charge in [-0.15, -0.1) is 11.3 Å². The largest absolute Gasteiger partial charge is 0.370 e. The molecule has 0 saturated heterocycles. The molecule has 8 heteroatoms. The van der Waals surface area contributed by atoms with Gasteiger partial charge in [-0.25, -0.2) is 13.1 Å². The summed E-state index contributed by atoms with van der Waals surface area (Å²) in [6, 6.07) is 2.14. The normalized spacial score (nSPS) is 16.4. The zero-order chi connectivity index (χ0) is 14.8. The minimum atomic E-state index is -3.45. The van der Waals surface area contributed by atoms with Gasteiger partial charge in [0.2, 0.25) is 10.0 Å². The number of guanidine groups is 1. The molecule has 1 heterocycles. The van der Waals surface area contributed by atoms with E-state index in [4.69, 9.17) is 5.73 Å². The molecule has 1 aliphatic rings. The Labute approximate surface area is 123 Å². The summed E-state index contributed by atoms with van der Waals surface area (Å²) in [4.78, 5) is 6.23. The van der Waals surface area contributed by atoms with Gasteiger partial charge in [0.1, 0.15) is 0 Å². The van der Waals surface area contributed by atoms with Crippen molar-refractivity contribution < 1.29 is 8.42 Å². The first-order valence-corrected chi connectivity index (χ1v) is 8.81. The van der Waals surface area contributed by atoms with Crippen LogP contribution in [0, 0.1) is 13.8 Å². The number of nitrogens with one attached hydrogen (secondary N) is 2. The molecule has 0 unspecified atom stereocenters. The maximum atomic E-state index is 12.1. The average molecular weight is 316 g/mol. The van der Waals surface area contributed by atoms with Crippen molar-refractivity contribution in [2.75, 3.05) is 13.1 Å². The van der Waals surface area contributed by atoms with Crippen LogP contribution in [0.4, 0.5) is 0 Å². The predicted molar refractivity (Wildman–Crippen MR) is 81.6 cm³/mol. The minimum Gasteiger partial charge on any atom is -0.370 e. The molecule has 1 saturated carbocycles. The van der Waals surface area contributed by atoms with Gasteiger partial charge in [-0.3, -0.25) is 4.99 Å². The summed E-state index contributed by atoms with van der Waals surface area (Å²) in [7, 11) is -3.45. The van der Waals surface area contributed by atoms with E-state index in [-0.39, 0.29) is 6.54 Å². The first-order chi connectivity index (χ1) is 9.38. The van der Waals surface area contributed by atoms with E-state index in [1.807, 2.05) is 13.8 Å². The van der Waals surface area contributed by atoms with E-state index in [2.05, 4.69) is 15.0 Å². The third-order valence-electron chi connectivity index (χ3n) is 2.90. The van der Waals surface area contributed by atoms with E-state index < -0.39 is 10.0 Å². The Kier molecular flexibility index (Phi) is 4.66. The van der Waals surface area contributed by atoms with E-state index >= 15 is 0 Å². The number of nitrogens with two attached hydrogens (primary N) is 1. The highest BCUT2D eigenvalue weighted by Gasteiger charge is 2.21. The summed E-state index contributed by atoms with van der Waals surface area (Å²) in [5.74, 6) is 0.384. The van der Waals surface area contributed by atoms with Crippen LogP contribution in [0.2, 0.25) is 0 Å². The third-order valence-corrected chi connectivity index (χ3v) is 5.58. The Hall–Kier alpha value is -1.12. The highest BCUT2D eigenvalue weighted by Crippen LogP contribution is 2.24. The van der Waals surface area contributed by atoms with Crippen molar-refractivity contribution in [3.63, 3.8) is 0 Å². The summed E-state index contributed by atoms with van der Waals surface area (Å²) in [5, 5.41) is 3.05. The van der Waals surface area contributed by atoms with Crippen molar-refractivity contribution in [2.45, 2.75) is 37.6 Å². The molecule has 6 nitrogen and oxygen atoms in total. The van der Waals surface area contributed by atoms with Crippen LogP contribution < -0.4 is 15.8 Å². The maximum absolute atomic E-state index is 12.1. The lowest BCUT2D eigenvalue weighted by Gasteiger charge is -2.06. The molecule has 1 aromatic rings. The maximum Gasteiger partial charge on any atom is 0.241 e. The van der Waals surface area contributed by atoms with Crippen LogP contribution in [0.25, 0.3) is 0 Å². The van der Waals surface area contributed by atoms with E-state index in [9.17, 15) is 8.42 Å². The number of aryl methyl sites for hydroxylation is 2. The molecule has 0 atom stereocenters. The fraction of sp³-hybridized carbons (Fsp3) is 0.583. The molecule has 1 fully saturated rings. The average Bonchev–Trinajstić information content (AvgIpc) is 3.08. The van der Waals surface area contributed by atoms with E-state index in [1.54, 1.807) is 6.07 Å². The molecule has 0 bridgehead atoms. The third kappa shape index (κ3) is 4.19. The smallest absolute Gasteiger partial charge is 0.241 e. The van der Waals surface area contributed by atoms with Crippen molar-refractivity contribution in [2.24, 2.45) is 10.7 Å². The second kappa shape index (κ2) is 6.11. The summed E-state index contributed by atoms with van der Waals surface area (Å²) < 4.78 is 26.7. The second-order valence-corrected chi connectivity index (χ2v) is 8.06. The first kappa shape index (κ1) is 15.3. The predicted octanol–water partition coefficient (Wildman–Crippen LogP) is 0.710. The van der Waals surface area contributed by atoms with Crippen molar-refractivity contribution in [3.05, 3.63) is 15.8 Å². The van der Waals surface area contributed by atoms with Gasteiger partial charge in [-0.2, -0.15) is 0 Å². The highest BCUT2D eigenvalue weighted by molar-refractivity contribution is 7.89. The molecule has 20 heavy (non-hydrogen) atoms. The van der Waals surface area contributed by atoms with Gasteiger partial charge in [0.05, 0.1) is 11.4 Å². The molecule has 0 spiro atoms. The molecule has 1 aromatic heterocycles. The van der Waals surface area contributed by atoms with Gasteiger partial charge in [0.25, 0.3) is 0 Å². The Morgan fingerprint density at radius 3 is 2.75 bits per heavy atom. The number of rotatable bonds is 6. The first-order valence-electron chi connectivity index (χ1n) is 6.51. The van der Waals surface area contributed by atoms with Gasteiger partial charge in [-0.1, -0.05) is 0 Å². The molecule has 0 amide bonds. The monoisotopic (exact) mass is 316 g/mol. The summed E-state index contributed by atoms with van der Waals surface area (Å²) in [6.45, 7) is 4.27. The summed E-state index contributed by atoms with van der Waals surface area (Å²) >= 11 is 1.48. The molecular formula is C12H20N4O2S2. The lowest BCUT2D eigenvalue weighted by Crippen LogP contribution is -2.34. The van der Waals surface area contributed by atoms with Crippen LogP contribution in [0.5, 0.6) is 0 Å². The zero-order valence-electron chi connectivity index (χ0n) is 11.6. The van der Waals surface area contributed by atoms with Crippen molar-refractivity contribution in [1.29, 1.82) is 0 Å². The molecule has 0 radical (unpaired) electrons. The van der Waals surface area contributed by atoms with E-state index in [0.717, 1.165) is 22.6 Å². The fourth-order valence-corrected chi connectivity index (χ4v) is 4.36. The molecular weight excluding hydrogens is 296 g/mol. The number of aliphatic imine (C=N–C) groups is 1. The van der Waals surface area contributed by atoms with Crippen LogP contribution in [-0.2, 0) is 10.0 Å². The molecule has 1 aliphatic carbocycles. The van der Waals surface area contributed by atoms with Crippen LogP contribution in [0.1, 0.15) is 22.6 Å². The van der Waals surface area contributed by atoms with Crippen molar-refractivity contribution in [3.8, 4) is 0 Å². The van der Waals surface area contributed by atoms with Crippen LogP contribution in [0.15, 0.2) is 16.0 Å². The van der Waals surface area contributed by atoms with Gasteiger partial charge >= 0.3 is 0 Å². The molecule has 0 aliphatic heterocycles. The number of hydrogen-bond donors (Lipinski definition) is 3. The number of hydrogen-bond acceptors (Lipinski definition) is 4. The molecule has 112 valence electrons.